The molecule has 1 aliphatic heterocycles. The SMILES string of the molecule is CC(C)(O)C1CCCN1C(=O)/C=C/c1ccc(Br)s1. The van der Waals surface area contributed by atoms with E-state index in [1.165, 1.54) is 0 Å². The minimum absolute atomic E-state index is 0.0193. The highest BCUT2D eigenvalue weighted by molar-refractivity contribution is 9.11. The Morgan fingerprint density at radius 1 is 1.58 bits per heavy atom. The summed E-state index contributed by atoms with van der Waals surface area (Å²) < 4.78 is 1.05. The Hall–Kier alpha value is -0.650. The van der Waals surface area contributed by atoms with Gasteiger partial charge in [-0.1, -0.05) is 0 Å². The Morgan fingerprint density at radius 2 is 2.32 bits per heavy atom. The Bertz CT molecular complexity index is 490. The lowest BCUT2D eigenvalue weighted by atomic mass is 9.96. The number of amides is 1. The van der Waals surface area contributed by atoms with Crippen LogP contribution in [0.5, 0.6) is 0 Å². The highest BCUT2D eigenvalue weighted by atomic mass is 79.9. The average Bonchev–Trinajstić information content (AvgIpc) is 2.93. The van der Waals surface area contributed by atoms with E-state index in [0.717, 1.165) is 28.0 Å². The van der Waals surface area contributed by atoms with Gasteiger partial charge in [-0.15, -0.1) is 11.3 Å². The van der Waals surface area contributed by atoms with Crippen LogP contribution in [0.4, 0.5) is 0 Å². The first kappa shape index (κ1) is 14.8. The number of aliphatic hydroxyl groups is 1. The highest BCUT2D eigenvalue weighted by Gasteiger charge is 2.37. The van der Waals surface area contributed by atoms with Gasteiger partial charge < -0.3 is 10.0 Å². The summed E-state index contributed by atoms with van der Waals surface area (Å²) in [4.78, 5) is 15.0. The quantitative estimate of drug-likeness (QED) is 0.855. The minimum Gasteiger partial charge on any atom is -0.388 e. The van der Waals surface area contributed by atoms with Gasteiger partial charge in [-0.25, -0.2) is 0 Å². The fourth-order valence-corrected chi connectivity index (χ4v) is 3.76. The second-order valence-corrected chi connectivity index (χ2v) is 7.81. The summed E-state index contributed by atoms with van der Waals surface area (Å²) >= 11 is 4.99. The molecule has 0 aromatic carbocycles. The first-order valence-corrected chi connectivity index (χ1v) is 7.95. The van der Waals surface area contributed by atoms with Crippen LogP contribution in [0.3, 0.4) is 0 Å². The van der Waals surface area contributed by atoms with Crippen molar-refractivity contribution in [2.75, 3.05) is 6.54 Å². The van der Waals surface area contributed by atoms with Crippen molar-refractivity contribution in [3.05, 3.63) is 26.9 Å². The average molecular weight is 344 g/mol. The lowest BCUT2D eigenvalue weighted by molar-refractivity contribution is -0.131. The molecule has 0 bridgehead atoms. The van der Waals surface area contributed by atoms with Crippen LogP contribution >= 0.6 is 27.3 Å². The lowest BCUT2D eigenvalue weighted by Gasteiger charge is -2.33. The van der Waals surface area contributed by atoms with Crippen LogP contribution in [-0.2, 0) is 4.79 Å². The predicted molar refractivity (Wildman–Crippen MR) is 82.1 cm³/mol. The summed E-state index contributed by atoms with van der Waals surface area (Å²) in [6.45, 7) is 4.26. The molecule has 2 heterocycles. The van der Waals surface area contributed by atoms with Crippen LogP contribution in [0.25, 0.3) is 6.08 Å². The molecule has 1 atom stereocenters. The largest absolute Gasteiger partial charge is 0.388 e. The van der Waals surface area contributed by atoms with E-state index in [4.69, 9.17) is 0 Å². The number of halogens is 1. The monoisotopic (exact) mass is 343 g/mol. The second-order valence-electron chi connectivity index (χ2n) is 5.32. The fraction of sp³-hybridized carbons (Fsp3) is 0.500. The van der Waals surface area contributed by atoms with Gasteiger partial charge >= 0.3 is 0 Å². The Balaban J connectivity index is 2.05. The number of rotatable bonds is 3. The number of carbonyl (C=O) groups is 1. The van der Waals surface area contributed by atoms with Crippen LogP contribution in [0.15, 0.2) is 22.0 Å². The van der Waals surface area contributed by atoms with Crippen molar-refractivity contribution in [3.8, 4) is 0 Å². The molecule has 1 amide bonds. The number of nitrogens with zero attached hydrogens (tertiary/aromatic N) is 1. The molecule has 3 nitrogen and oxygen atoms in total. The van der Waals surface area contributed by atoms with Crippen molar-refractivity contribution in [1.29, 1.82) is 0 Å². The molecule has 2 rings (SSSR count). The molecule has 1 aromatic heterocycles. The zero-order valence-corrected chi connectivity index (χ0v) is 13.5. The number of likely N-dealkylation sites (tertiary alicyclic amines) is 1. The van der Waals surface area contributed by atoms with E-state index in [2.05, 4.69) is 15.9 Å². The molecule has 104 valence electrons. The van der Waals surface area contributed by atoms with Gasteiger partial charge in [0.2, 0.25) is 5.91 Å². The lowest BCUT2D eigenvalue weighted by Crippen LogP contribution is -2.47. The van der Waals surface area contributed by atoms with E-state index in [1.54, 1.807) is 36.2 Å². The van der Waals surface area contributed by atoms with Crippen molar-refractivity contribution in [3.63, 3.8) is 0 Å². The van der Waals surface area contributed by atoms with Gasteiger partial charge in [0.1, 0.15) is 0 Å². The van der Waals surface area contributed by atoms with E-state index in [-0.39, 0.29) is 11.9 Å². The summed E-state index contributed by atoms with van der Waals surface area (Å²) in [5.41, 5.74) is -0.841. The highest BCUT2D eigenvalue weighted by Crippen LogP contribution is 2.27. The molecule has 1 saturated heterocycles. The summed E-state index contributed by atoms with van der Waals surface area (Å²) in [5, 5.41) is 10.1. The van der Waals surface area contributed by atoms with Crippen molar-refractivity contribution >= 4 is 39.2 Å². The molecule has 5 heteroatoms. The van der Waals surface area contributed by atoms with Crippen molar-refractivity contribution in [1.82, 2.24) is 4.90 Å². The molecule has 1 unspecified atom stereocenters. The van der Waals surface area contributed by atoms with Gasteiger partial charge in [-0.05, 0) is 60.8 Å². The predicted octanol–water partition coefficient (Wildman–Crippen LogP) is 3.29. The summed E-state index contributed by atoms with van der Waals surface area (Å²) in [5.74, 6) is -0.0193. The topological polar surface area (TPSA) is 40.5 Å². The third-order valence-corrected chi connectivity index (χ3v) is 4.92. The minimum atomic E-state index is -0.841. The third kappa shape index (κ3) is 3.68. The van der Waals surface area contributed by atoms with Crippen molar-refractivity contribution < 1.29 is 9.90 Å². The van der Waals surface area contributed by atoms with Crippen molar-refractivity contribution in [2.45, 2.75) is 38.3 Å². The molecule has 1 fully saturated rings. The molecule has 1 aromatic rings. The van der Waals surface area contributed by atoms with Crippen LogP contribution < -0.4 is 0 Å². The number of thiophene rings is 1. The number of hydrogen-bond acceptors (Lipinski definition) is 3. The van der Waals surface area contributed by atoms with E-state index in [1.807, 2.05) is 18.2 Å². The maximum atomic E-state index is 12.2. The Morgan fingerprint density at radius 3 is 2.89 bits per heavy atom. The molecule has 1 N–H and O–H groups in total. The molecule has 0 spiro atoms. The second kappa shape index (κ2) is 5.77. The van der Waals surface area contributed by atoms with E-state index in [9.17, 15) is 9.90 Å². The van der Waals surface area contributed by atoms with Crippen LogP contribution in [-0.4, -0.2) is 34.1 Å². The van der Waals surface area contributed by atoms with Crippen LogP contribution in [0, 0.1) is 0 Å². The molecular weight excluding hydrogens is 326 g/mol. The summed E-state index contributed by atoms with van der Waals surface area (Å²) in [6.07, 6.45) is 5.26. The molecule has 19 heavy (non-hydrogen) atoms. The first-order valence-electron chi connectivity index (χ1n) is 6.34. The van der Waals surface area contributed by atoms with E-state index < -0.39 is 5.60 Å². The zero-order chi connectivity index (χ0) is 14.0. The van der Waals surface area contributed by atoms with E-state index in [0.29, 0.717) is 0 Å². The molecular formula is C14H18BrNO2S. The maximum absolute atomic E-state index is 12.2. The zero-order valence-electron chi connectivity index (χ0n) is 11.1. The summed E-state index contributed by atoms with van der Waals surface area (Å²) in [7, 11) is 0. The smallest absolute Gasteiger partial charge is 0.246 e. The molecule has 0 radical (unpaired) electrons. The molecule has 1 aliphatic rings. The van der Waals surface area contributed by atoms with Gasteiger partial charge in [0, 0.05) is 17.5 Å². The fourth-order valence-electron chi connectivity index (χ4n) is 2.43. The first-order chi connectivity index (χ1) is 8.88. The normalized spacial score (nSPS) is 20.4. The molecule has 0 saturated carbocycles. The van der Waals surface area contributed by atoms with Gasteiger partial charge in [0.25, 0.3) is 0 Å². The standard InChI is InChI=1S/C14H18BrNO2S/c1-14(2,18)11-4-3-9-16(11)13(17)8-6-10-5-7-12(15)19-10/h5-8,11,18H,3-4,9H2,1-2H3/b8-6+. The van der Waals surface area contributed by atoms with Crippen LogP contribution in [0.2, 0.25) is 0 Å². The van der Waals surface area contributed by atoms with Gasteiger partial charge in [-0.3, -0.25) is 4.79 Å². The maximum Gasteiger partial charge on any atom is 0.246 e. The number of hydrogen-bond donors (Lipinski definition) is 1. The summed E-state index contributed by atoms with van der Waals surface area (Å²) in [6, 6.07) is 3.85. The van der Waals surface area contributed by atoms with E-state index >= 15 is 0 Å². The van der Waals surface area contributed by atoms with Gasteiger partial charge in [-0.2, -0.15) is 0 Å². The van der Waals surface area contributed by atoms with Gasteiger partial charge in [0.15, 0.2) is 0 Å². The Labute approximate surface area is 126 Å². The van der Waals surface area contributed by atoms with Crippen LogP contribution in [0.1, 0.15) is 31.6 Å². The third-order valence-electron chi connectivity index (χ3n) is 3.34. The van der Waals surface area contributed by atoms with Gasteiger partial charge in [0.05, 0.1) is 15.4 Å². The number of carbonyl (C=O) groups excluding carboxylic acids is 1. The molecule has 0 aliphatic carbocycles. The Kier molecular flexibility index (Phi) is 4.48. The van der Waals surface area contributed by atoms with Crippen molar-refractivity contribution in [2.24, 2.45) is 0 Å².